The maximum Gasteiger partial charge on any atom is 0.387 e. The van der Waals surface area contributed by atoms with Gasteiger partial charge in [0.15, 0.2) is 0 Å². The Bertz CT molecular complexity index is 1250. The summed E-state index contributed by atoms with van der Waals surface area (Å²) in [6.45, 7) is -2.89. The molecule has 2 heterocycles. The van der Waals surface area contributed by atoms with Gasteiger partial charge in [-0.25, -0.2) is 9.37 Å². The Morgan fingerprint density at radius 2 is 1.81 bits per heavy atom. The van der Waals surface area contributed by atoms with Crippen molar-refractivity contribution in [3.05, 3.63) is 60.2 Å². The van der Waals surface area contributed by atoms with Gasteiger partial charge in [0.1, 0.15) is 29.0 Å². The van der Waals surface area contributed by atoms with Gasteiger partial charge in [-0.1, -0.05) is 0 Å². The highest BCUT2D eigenvalue weighted by molar-refractivity contribution is 5.78. The maximum atomic E-state index is 13.9. The van der Waals surface area contributed by atoms with Crippen molar-refractivity contribution in [2.24, 2.45) is 0 Å². The first-order valence-electron chi connectivity index (χ1n) is 9.61. The number of fused-ring (bicyclic) bond motifs is 1. The van der Waals surface area contributed by atoms with Crippen LogP contribution in [-0.4, -0.2) is 26.1 Å². The number of nitrogens with two attached hydrogens (primary N) is 1. The zero-order chi connectivity index (χ0) is 21.5. The highest BCUT2D eigenvalue weighted by atomic mass is 19.3. The number of nitrogens with zero attached hydrogens (tertiary/aromatic N) is 4. The van der Waals surface area contributed by atoms with E-state index in [1.807, 2.05) is 0 Å². The summed E-state index contributed by atoms with van der Waals surface area (Å²) in [5.41, 5.74) is 7.84. The molecule has 1 aliphatic carbocycles. The summed E-state index contributed by atoms with van der Waals surface area (Å²) < 4.78 is 44.7. The zero-order valence-corrected chi connectivity index (χ0v) is 16.1. The van der Waals surface area contributed by atoms with Crippen LogP contribution in [0.4, 0.5) is 30.6 Å². The molecule has 2 aromatic heterocycles. The van der Waals surface area contributed by atoms with Crippen molar-refractivity contribution in [2.45, 2.75) is 25.4 Å². The number of anilines is 3. The predicted molar refractivity (Wildman–Crippen MR) is 109 cm³/mol. The first kappa shape index (κ1) is 19.2. The van der Waals surface area contributed by atoms with Crippen molar-refractivity contribution in [3.8, 4) is 11.6 Å². The number of imidazole rings is 1. The number of halogens is 3. The molecule has 31 heavy (non-hydrogen) atoms. The number of benzene rings is 2. The molecule has 5 rings (SSSR count). The van der Waals surface area contributed by atoms with Crippen LogP contribution in [0.1, 0.15) is 24.6 Å². The second-order valence-corrected chi connectivity index (χ2v) is 7.22. The molecule has 1 aliphatic rings. The van der Waals surface area contributed by atoms with E-state index in [-0.39, 0.29) is 29.3 Å². The van der Waals surface area contributed by atoms with Crippen molar-refractivity contribution in [3.63, 3.8) is 0 Å². The van der Waals surface area contributed by atoms with E-state index < -0.39 is 6.61 Å². The highest BCUT2D eigenvalue weighted by Crippen LogP contribution is 2.41. The van der Waals surface area contributed by atoms with Crippen LogP contribution in [0.25, 0.3) is 16.9 Å². The average Bonchev–Trinajstić information content (AvgIpc) is 3.49. The van der Waals surface area contributed by atoms with Crippen LogP contribution < -0.4 is 15.8 Å². The van der Waals surface area contributed by atoms with E-state index in [9.17, 15) is 13.2 Å². The second-order valence-electron chi connectivity index (χ2n) is 7.22. The Morgan fingerprint density at radius 1 is 1.03 bits per heavy atom. The van der Waals surface area contributed by atoms with Crippen LogP contribution in [0.15, 0.2) is 48.5 Å². The molecule has 0 radical (unpaired) electrons. The summed E-state index contributed by atoms with van der Waals surface area (Å²) >= 11 is 0. The van der Waals surface area contributed by atoms with Gasteiger partial charge in [-0.15, -0.1) is 0 Å². The first-order chi connectivity index (χ1) is 15.0. The highest BCUT2D eigenvalue weighted by Gasteiger charge is 2.30. The van der Waals surface area contributed by atoms with Crippen LogP contribution in [0.5, 0.6) is 5.75 Å². The van der Waals surface area contributed by atoms with Gasteiger partial charge in [0.05, 0.1) is 11.0 Å². The van der Waals surface area contributed by atoms with E-state index in [0.717, 1.165) is 18.7 Å². The van der Waals surface area contributed by atoms with Crippen molar-refractivity contribution >= 4 is 28.5 Å². The van der Waals surface area contributed by atoms with E-state index >= 15 is 0 Å². The molecule has 10 heteroatoms. The molecule has 1 fully saturated rings. The second kappa shape index (κ2) is 7.46. The van der Waals surface area contributed by atoms with Gasteiger partial charge in [0.25, 0.3) is 0 Å². The maximum absolute atomic E-state index is 13.9. The first-order valence-corrected chi connectivity index (χ1v) is 9.61. The summed E-state index contributed by atoms with van der Waals surface area (Å²) in [6.07, 6.45) is 2.01. The van der Waals surface area contributed by atoms with Gasteiger partial charge in [-0.05, 0) is 49.2 Å². The lowest BCUT2D eigenvalue weighted by Crippen LogP contribution is -2.08. The molecule has 0 unspecified atom stereocenters. The monoisotopic (exact) mass is 426 g/mol. The molecular weight excluding hydrogens is 409 g/mol. The number of nitrogen functional groups attached to an aromatic ring is 1. The van der Waals surface area contributed by atoms with Crippen molar-refractivity contribution in [2.75, 3.05) is 11.1 Å². The topological polar surface area (TPSA) is 90.9 Å². The molecule has 0 bridgehead atoms. The fourth-order valence-corrected chi connectivity index (χ4v) is 3.40. The van der Waals surface area contributed by atoms with Crippen molar-refractivity contribution in [1.82, 2.24) is 19.5 Å². The lowest BCUT2D eigenvalue weighted by Gasteiger charge is -2.12. The fraction of sp³-hybridized carbons (Fsp3) is 0.190. The molecule has 0 spiro atoms. The number of nitrogens with one attached hydrogen (secondary N) is 1. The van der Waals surface area contributed by atoms with Crippen LogP contribution in [0.2, 0.25) is 0 Å². The van der Waals surface area contributed by atoms with Crippen LogP contribution in [0, 0.1) is 5.82 Å². The van der Waals surface area contributed by atoms with E-state index in [1.165, 1.54) is 24.3 Å². The lowest BCUT2D eigenvalue weighted by molar-refractivity contribution is -0.0498. The number of hydrogen-bond donors (Lipinski definition) is 2. The van der Waals surface area contributed by atoms with Gasteiger partial charge in [-0.3, -0.25) is 4.57 Å². The van der Waals surface area contributed by atoms with Gasteiger partial charge < -0.3 is 15.8 Å². The average molecular weight is 426 g/mol. The van der Waals surface area contributed by atoms with Gasteiger partial charge in [0, 0.05) is 23.7 Å². The quantitative estimate of drug-likeness (QED) is 0.462. The Balaban J connectivity index is 1.52. The smallest absolute Gasteiger partial charge is 0.387 e. The number of ether oxygens (including phenoxy) is 1. The molecule has 7 nitrogen and oxygen atoms in total. The van der Waals surface area contributed by atoms with Gasteiger partial charge in [0.2, 0.25) is 5.95 Å². The summed E-state index contributed by atoms with van der Waals surface area (Å²) in [5, 5.41) is 3.00. The molecule has 0 amide bonds. The predicted octanol–water partition coefficient (Wildman–Crippen LogP) is 4.76. The van der Waals surface area contributed by atoms with Crippen LogP contribution >= 0.6 is 0 Å². The summed E-state index contributed by atoms with van der Waals surface area (Å²) in [4.78, 5) is 13.4. The number of alkyl halides is 2. The molecule has 158 valence electrons. The van der Waals surface area contributed by atoms with Gasteiger partial charge in [-0.2, -0.15) is 18.7 Å². The normalized spacial score (nSPS) is 13.7. The van der Waals surface area contributed by atoms with Gasteiger partial charge >= 0.3 is 6.61 Å². The summed E-state index contributed by atoms with van der Waals surface area (Å²) in [6, 6.07) is 11.9. The van der Waals surface area contributed by atoms with Crippen molar-refractivity contribution < 1.29 is 17.9 Å². The Morgan fingerprint density at radius 3 is 2.52 bits per heavy atom. The summed E-state index contributed by atoms with van der Waals surface area (Å²) in [5.74, 6) is 1.63. The molecular formula is C21H17F3N6O. The van der Waals surface area contributed by atoms with Crippen LogP contribution in [-0.2, 0) is 0 Å². The number of aromatic nitrogens is 4. The van der Waals surface area contributed by atoms with E-state index in [2.05, 4.69) is 25.0 Å². The Hall–Kier alpha value is -3.82. The third-order valence-corrected chi connectivity index (χ3v) is 4.88. The summed E-state index contributed by atoms with van der Waals surface area (Å²) in [7, 11) is 0. The Kier molecular flexibility index (Phi) is 4.61. The van der Waals surface area contributed by atoms with E-state index in [0.29, 0.717) is 22.5 Å². The minimum atomic E-state index is -2.89. The molecule has 4 aromatic rings. The Labute approximate surface area is 174 Å². The van der Waals surface area contributed by atoms with E-state index in [4.69, 9.17) is 5.73 Å². The molecule has 0 atom stereocenters. The number of rotatable bonds is 6. The minimum Gasteiger partial charge on any atom is -0.435 e. The molecule has 1 saturated carbocycles. The standard InChI is InChI=1S/C21H17F3N6O/c22-12-3-8-15-16(9-12)30(19(27-15)11-1-2-11)18-10-17(25)28-21(29-18)26-13-4-6-14(7-5-13)31-20(23)24/h3-11,20H,1-2H2,(H3,25,26,28,29). The third kappa shape index (κ3) is 3.96. The largest absolute Gasteiger partial charge is 0.435 e. The third-order valence-electron chi connectivity index (χ3n) is 4.88. The molecule has 2 aromatic carbocycles. The SMILES string of the molecule is Nc1cc(-n2c(C3CC3)nc3ccc(F)cc32)nc(Nc2ccc(OC(F)F)cc2)n1. The number of hydrogen-bond acceptors (Lipinski definition) is 6. The van der Waals surface area contributed by atoms with Crippen molar-refractivity contribution in [1.29, 1.82) is 0 Å². The van der Waals surface area contributed by atoms with Crippen LogP contribution in [0.3, 0.4) is 0 Å². The molecule has 3 N–H and O–H groups in total. The molecule has 0 aliphatic heterocycles. The lowest BCUT2D eigenvalue weighted by atomic mass is 10.3. The molecule has 0 saturated heterocycles. The van der Waals surface area contributed by atoms with E-state index in [1.54, 1.807) is 28.8 Å². The zero-order valence-electron chi connectivity index (χ0n) is 16.1. The fourth-order valence-electron chi connectivity index (χ4n) is 3.40. The minimum absolute atomic E-state index is 0.0377.